The molecule has 0 aliphatic carbocycles. The molecular formula is C14H22N2O3S. The normalized spacial score (nSPS) is 19.9. The van der Waals surface area contributed by atoms with Crippen LogP contribution in [0.25, 0.3) is 0 Å². The van der Waals surface area contributed by atoms with Gasteiger partial charge in [-0.25, -0.2) is 8.42 Å². The molecule has 1 aromatic carbocycles. The molecule has 1 aliphatic heterocycles. The number of aliphatic hydroxyl groups excluding tert-OH is 1. The number of hydrogen-bond donors (Lipinski definition) is 2. The minimum absolute atomic E-state index is 0.105. The second kappa shape index (κ2) is 6.22. The predicted molar refractivity (Wildman–Crippen MR) is 77.9 cm³/mol. The molecule has 0 saturated carbocycles. The van der Waals surface area contributed by atoms with Crippen LogP contribution in [-0.2, 0) is 10.0 Å². The second-order valence-corrected chi connectivity index (χ2v) is 7.16. The van der Waals surface area contributed by atoms with Gasteiger partial charge in [0.25, 0.3) is 0 Å². The van der Waals surface area contributed by atoms with Crippen molar-refractivity contribution in [3.8, 4) is 0 Å². The molecule has 0 aromatic heterocycles. The number of nitrogens with one attached hydrogen (secondary N) is 1. The third-order valence-electron chi connectivity index (χ3n) is 3.85. The van der Waals surface area contributed by atoms with E-state index in [9.17, 15) is 13.5 Å². The van der Waals surface area contributed by atoms with Crippen LogP contribution in [0, 0.1) is 0 Å². The molecule has 0 amide bonds. The minimum atomic E-state index is -3.46. The Hall–Kier alpha value is -0.950. The fourth-order valence-corrected chi connectivity index (χ4v) is 3.87. The lowest BCUT2D eigenvalue weighted by atomic mass is 10.1. The number of sulfonamides is 1. The highest BCUT2D eigenvalue weighted by Crippen LogP contribution is 2.23. The molecule has 2 N–H and O–H groups in total. The minimum Gasteiger partial charge on any atom is -0.393 e. The Labute approximate surface area is 120 Å². The SMILES string of the molecule is CNC(C)c1cccc(S(=O)(=O)N2CCC(O)CC2)c1. The number of piperidine rings is 1. The Balaban J connectivity index is 2.25. The van der Waals surface area contributed by atoms with Gasteiger partial charge in [0.05, 0.1) is 11.0 Å². The first-order valence-corrected chi connectivity index (χ1v) is 8.34. The largest absolute Gasteiger partial charge is 0.393 e. The maximum atomic E-state index is 12.6. The molecule has 1 unspecified atom stereocenters. The van der Waals surface area contributed by atoms with Gasteiger partial charge in [0.15, 0.2) is 0 Å². The Morgan fingerprint density at radius 2 is 2.00 bits per heavy atom. The summed E-state index contributed by atoms with van der Waals surface area (Å²) in [5, 5.41) is 12.6. The zero-order valence-electron chi connectivity index (χ0n) is 11.9. The maximum Gasteiger partial charge on any atom is 0.243 e. The number of hydrogen-bond acceptors (Lipinski definition) is 4. The lowest BCUT2D eigenvalue weighted by molar-refractivity contribution is 0.113. The smallest absolute Gasteiger partial charge is 0.243 e. The van der Waals surface area contributed by atoms with Crippen molar-refractivity contribution in [3.05, 3.63) is 29.8 Å². The second-order valence-electron chi connectivity index (χ2n) is 5.22. The third-order valence-corrected chi connectivity index (χ3v) is 5.75. The van der Waals surface area contributed by atoms with Crippen LogP contribution in [0.5, 0.6) is 0 Å². The van der Waals surface area contributed by atoms with Crippen LogP contribution < -0.4 is 5.32 Å². The van der Waals surface area contributed by atoms with Crippen molar-refractivity contribution in [1.82, 2.24) is 9.62 Å². The molecule has 6 heteroatoms. The Bertz CT molecular complexity index is 551. The number of nitrogens with zero attached hydrogens (tertiary/aromatic N) is 1. The van der Waals surface area contributed by atoms with Gasteiger partial charge in [-0.15, -0.1) is 0 Å². The van der Waals surface area contributed by atoms with Gasteiger partial charge < -0.3 is 10.4 Å². The van der Waals surface area contributed by atoms with Crippen molar-refractivity contribution in [2.45, 2.75) is 36.8 Å². The monoisotopic (exact) mass is 298 g/mol. The molecule has 0 radical (unpaired) electrons. The highest BCUT2D eigenvalue weighted by atomic mass is 32.2. The zero-order valence-corrected chi connectivity index (χ0v) is 12.7. The molecule has 5 nitrogen and oxygen atoms in total. The van der Waals surface area contributed by atoms with E-state index in [2.05, 4.69) is 5.32 Å². The average molecular weight is 298 g/mol. The Morgan fingerprint density at radius 3 is 2.60 bits per heavy atom. The Morgan fingerprint density at radius 1 is 1.35 bits per heavy atom. The van der Waals surface area contributed by atoms with E-state index in [1.807, 2.05) is 20.0 Å². The molecule has 1 aromatic rings. The van der Waals surface area contributed by atoms with Crippen molar-refractivity contribution in [3.63, 3.8) is 0 Å². The number of benzene rings is 1. The molecule has 20 heavy (non-hydrogen) atoms. The number of rotatable bonds is 4. The summed E-state index contributed by atoms with van der Waals surface area (Å²) in [6.07, 6.45) is 0.634. The molecule has 1 atom stereocenters. The summed E-state index contributed by atoms with van der Waals surface area (Å²) in [4.78, 5) is 0.327. The fourth-order valence-electron chi connectivity index (χ4n) is 2.34. The predicted octanol–water partition coefficient (Wildman–Crippen LogP) is 1.11. The van der Waals surface area contributed by atoms with Gasteiger partial charge in [0.1, 0.15) is 0 Å². The first-order chi connectivity index (χ1) is 9.45. The van der Waals surface area contributed by atoms with Crippen LogP contribution in [0.15, 0.2) is 29.2 Å². The Kier molecular flexibility index (Phi) is 4.80. The number of aliphatic hydroxyl groups is 1. The fraction of sp³-hybridized carbons (Fsp3) is 0.571. The van der Waals surface area contributed by atoms with Crippen LogP contribution in [0.2, 0.25) is 0 Å². The molecule has 0 spiro atoms. The maximum absolute atomic E-state index is 12.6. The van der Waals surface area contributed by atoms with Gasteiger partial charge in [-0.1, -0.05) is 12.1 Å². The van der Waals surface area contributed by atoms with E-state index in [1.54, 1.807) is 18.2 Å². The topological polar surface area (TPSA) is 69.6 Å². The van der Waals surface area contributed by atoms with E-state index < -0.39 is 10.0 Å². The van der Waals surface area contributed by atoms with Crippen molar-refractivity contribution in [2.75, 3.05) is 20.1 Å². The summed E-state index contributed by atoms with van der Waals surface area (Å²) < 4.78 is 26.6. The van der Waals surface area contributed by atoms with E-state index in [4.69, 9.17) is 0 Å². The van der Waals surface area contributed by atoms with E-state index in [0.29, 0.717) is 30.8 Å². The van der Waals surface area contributed by atoms with Crippen LogP contribution in [-0.4, -0.2) is 44.1 Å². The summed E-state index contributed by atoms with van der Waals surface area (Å²) in [5.41, 5.74) is 0.950. The molecule has 1 aliphatic rings. The third kappa shape index (κ3) is 3.20. The van der Waals surface area contributed by atoms with Gasteiger partial charge in [-0.05, 0) is 44.5 Å². The lowest BCUT2D eigenvalue weighted by Gasteiger charge is -2.29. The highest BCUT2D eigenvalue weighted by molar-refractivity contribution is 7.89. The lowest BCUT2D eigenvalue weighted by Crippen LogP contribution is -2.40. The van der Waals surface area contributed by atoms with Gasteiger partial charge in [-0.2, -0.15) is 4.31 Å². The summed E-state index contributed by atoms with van der Waals surface area (Å²) in [6, 6.07) is 7.15. The van der Waals surface area contributed by atoms with Crippen LogP contribution >= 0.6 is 0 Å². The zero-order chi connectivity index (χ0) is 14.8. The summed E-state index contributed by atoms with van der Waals surface area (Å²) in [6.45, 7) is 2.76. The standard InChI is InChI=1S/C14H22N2O3S/c1-11(15-2)12-4-3-5-14(10-12)20(18,19)16-8-6-13(17)7-9-16/h3-5,10-11,13,15,17H,6-9H2,1-2H3. The van der Waals surface area contributed by atoms with Gasteiger partial charge >= 0.3 is 0 Å². The van der Waals surface area contributed by atoms with E-state index in [1.165, 1.54) is 4.31 Å². The van der Waals surface area contributed by atoms with Crippen LogP contribution in [0.3, 0.4) is 0 Å². The highest BCUT2D eigenvalue weighted by Gasteiger charge is 2.28. The average Bonchev–Trinajstić information content (AvgIpc) is 2.47. The first-order valence-electron chi connectivity index (χ1n) is 6.90. The molecule has 1 heterocycles. The van der Waals surface area contributed by atoms with Crippen molar-refractivity contribution in [1.29, 1.82) is 0 Å². The van der Waals surface area contributed by atoms with Gasteiger partial charge in [-0.3, -0.25) is 0 Å². The molecule has 0 bridgehead atoms. The quantitative estimate of drug-likeness (QED) is 0.874. The molecule has 1 fully saturated rings. The van der Waals surface area contributed by atoms with Crippen molar-refractivity contribution >= 4 is 10.0 Å². The molecule has 1 saturated heterocycles. The van der Waals surface area contributed by atoms with Gasteiger partial charge in [0.2, 0.25) is 10.0 Å². The van der Waals surface area contributed by atoms with Gasteiger partial charge in [0, 0.05) is 19.1 Å². The summed E-state index contributed by atoms with van der Waals surface area (Å²) in [7, 11) is -1.61. The molecular weight excluding hydrogens is 276 g/mol. The summed E-state index contributed by atoms with van der Waals surface area (Å²) >= 11 is 0. The van der Waals surface area contributed by atoms with E-state index >= 15 is 0 Å². The molecule has 112 valence electrons. The summed E-state index contributed by atoms with van der Waals surface area (Å²) in [5.74, 6) is 0. The molecule has 2 rings (SSSR count). The van der Waals surface area contributed by atoms with Crippen molar-refractivity contribution < 1.29 is 13.5 Å². The van der Waals surface area contributed by atoms with Crippen LogP contribution in [0.1, 0.15) is 31.4 Å². The van der Waals surface area contributed by atoms with Crippen molar-refractivity contribution in [2.24, 2.45) is 0 Å². The first kappa shape index (κ1) is 15.4. The van der Waals surface area contributed by atoms with E-state index in [-0.39, 0.29) is 12.1 Å². The van der Waals surface area contributed by atoms with E-state index in [0.717, 1.165) is 5.56 Å². The van der Waals surface area contributed by atoms with Crippen LogP contribution in [0.4, 0.5) is 0 Å².